The molecule has 2 heterocycles. The van der Waals surface area contributed by atoms with Crippen molar-refractivity contribution in [3.63, 3.8) is 0 Å². The number of imidazole rings is 1. The van der Waals surface area contributed by atoms with Gasteiger partial charge in [0.05, 0.1) is 6.33 Å². The van der Waals surface area contributed by atoms with Crippen molar-refractivity contribution >= 4 is 30.7 Å². The quantitative estimate of drug-likeness (QED) is 0.749. The van der Waals surface area contributed by atoms with Gasteiger partial charge in [-0.3, -0.25) is 4.79 Å². The molecular formula is C14H26Cl2N4O. The molecule has 7 heteroatoms. The van der Waals surface area contributed by atoms with Gasteiger partial charge in [-0.15, -0.1) is 24.8 Å². The Morgan fingerprint density at radius 1 is 1.33 bits per heavy atom. The first-order chi connectivity index (χ1) is 9.34. The smallest absolute Gasteiger partial charge is 0.220 e. The second kappa shape index (κ2) is 11.8. The van der Waals surface area contributed by atoms with Gasteiger partial charge in [0.15, 0.2) is 0 Å². The molecule has 1 aromatic rings. The number of rotatable bonds is 7. The first-order valence-electron chi connectivity index (χ1n) is 7.28. The first kappa shape index (κ1) is 20.2. The third kappa shape index (κ3) is 8.29. The standard InChI is InChI=1S/C14H24N4O.2ClH/c19-14(3-2-13-4-7-15-8-5-13)17-6-1-10-18-11-9-16-12-18;;/h9,11-13,15H,1-8,10H2,(H,17,19);2*1H. The van der Waals surface area contributed by atoms with Crippen LogP contribution in [-0.4, -0.2) is 35.1 Å². The lowest BCUT2D eigenvalue weighted by Crippen LogP contribution is -2.29. The van der Waals surface area contributed by atoms with Crippen LogP contribution in [0.25, 0.3) is 0 Å². The number of nitrogens with one attached hydrogen (secondary N) is 2. The zero-order valence-corrected chi connectivity index (χ0v) is 13.9. The van der Waals surface area contributed by atoms with Crippen molar-refractivity contribution < 1.29 is 4.79 Å². The van der Waals surface area contributed by atoms with E-state index in [-0.39, 0.29) is 30.7 Å². The van der Waals surface area contributed by atoms with Gasteiger partial charge in [-0.05, 0) is 44.7 Å². The Bertz CT molecular complexity index is 367. The summed E-state index contributed by atoms with van der Waals surface area (Å²) in [5.74, 6) is 0.933. The highest BCUT2D eigenvalue weighted by Crippen LogP contribution is 2.17. The Morgan fingerprint density at radius 2 is 2.10 bits per heavy atom. The number of piperidine rings is 1. The van der Waals surface area contributed by atoms with Crippen molar-refractivity contribution in [1.82, 2.24) is 20.2 Å². The van der Waals surface area contributed by atoms with Gasteiger partial charge in [0.2, 0.25) is 5.91 Å². The van der Waals surface area contributed by atoms with Gasteiger partial charge < -0.3 is 15.2 Å². The summed E-state index contributed by atoms with van der Waals surface area (Å²) in [4.78, 5) is 15.7. The van der Waals surface area contributed by atoms with Gasteiger partial charge >= 0.3 is 0 Å². The number of amides is 1. The molecule has 0 radical (unpaired) electrons. The number of carbonyl (C=O) groups is 1. The van der Waals surface area contributed by atoms with Crippen LogP contribution in [0.3, 0.4) is 0 Å². The Kier molecular flexibility index (Phi) is 11.4. The molecule has 21 heavy (non-hydrogen) atoms. The van der Waals surface area contributed by atoms with Gasteiger partial charge in [0.25, 0.3) is 0 Å². The Hall–Kier alpha value is -0.780. The fraction of sp³-hybridized carbons (Fsp3) is 0.714. The summed E-state index contributed by atoms with van der Waals surface area (Å²) >= 11 is 0. The SMILES string of the molecule is Cl.Cl.O=C(CCC1CCNCC1)NCCCn1ccnc1. The third-order valence-corrected chi connectivity index (χ3v) is 3.71. The minimum absolute atomic E-state index is 0. The summed E-state index contributed by atoms with van der Waals surface area (Å²) in [7, 11) is 0. The van der Waals surface area contributed by atoms with Crippen molar-refractivity contribution in [1.29, 1.82) is 0 Å². The highest BCUT2D eigenvalue weighted by atomic mass is 35.5. The van der Waals surface area contributed by atoms with Crippen molar-refractivity contribution in [2.45, 2.75) is 38.6 Å². The normalized spacial score (nSPS) is 14.9. The molecule has 0 bridgehead atoms. The van der Waals surface area contributed by atoms with Crippen LogP contribution in [0, 0.1) is 5.92 Å². The van der Waals surface area contributed by atoms with Gasteiger partial charge in [-0.25, -0.2) is 4.98 Å². The molecule has 0 saturated carbocycles. The Balaban J connectivity index is 0.00000200. The van der Waals surface area contributed by atoms with Gasteiger partial charge in [0.1, 0.15) is 0 Å². The highest BCUT2D eigenvalue weighted by Gasteiger charge is 2.14. The maximum absolute atomic E-state index is 11.7. The van der Waals surface area contributed by atoms with Crippen LogP contribution < -0.4 is 10.6 Å². The molecule has 0 atom stereocenters. The molecule has 122 valence electrons. The fourth-order valence-corrected chi connectivity index (χ4v) is 2.50. The lowest BCUT2D eigenvalue weighted by molar-refractivity contribution is -0.121. The van der Waals surface area contributed by atoms with Crippen LogP contribution >= 0.6 is 24.8 Å². The Morgan fingerprint density at radius 3 is 2.76 bits per heavy atom. The third-order valence-electron chi connectivity index (χ3n) is 3.71. The summed E-state index contributed by atoms with van der Waals surface area (Å²) in [6.45, 7) is 3.88. The van der Waals surface area contributed by atoms with E-state index in [0.29, 0.717) is 6.42 Å². The molecule has 0 aliphatic carbocycles. The van der Waals surface area contributed by atoms with E-state index >= 15 is 0 Å². The van der Waals surface area contributed by atoms with Crippen LogP contribution in [0.2, 0.25) is 0 Å². The van der Waals surface area contributed by atoms with Crippen molar-refractivity contribution in [2.24, 2.45) is 5.92 Å². The summed E-state index contributed by atoms with van der Waals surface area (Å²) in [5, 5.41) is 6.35. The van der Waals surface area contributed by atoms with E-state index in [1.807, 2.05) is 10.8 Å². The lowest BCUT2D eigenvalue weighted by atomic mass is 9.93. The summed E-state index contributed by atoms with van der Waals surface area (Å²) < 4.78 is 2.03. The van der Waals surface area contributed by atoms with Crippen LogP contribution in [0.15, 0.2) is 18.7 Å². The van der Waals surface area contributed by atoms with Crippen LogP contribution in [-0.2, 0) is 11.3 Å². The van der Waals surface area contributed by atoms with E-state index in [4.69, 9.17) is 0 Å². The molecule has 1 aromatic heterocycles. The molecule has 0 unspecified atom stereocenters. The maximum Gasteiger partial charge on any atom is 0.220 e. The molecule has 0 spiro atoms. The molecule has 0 aromatic carbocycles. The second-order valence-corrected chi connectivity index (χ2v) is 5.24. The van der Waals surface area contributed by atoms with Crippen LogP contribution in [0.5, 0.6) is 0 Å². The van der Waals surface area contributed by atoms with E-state index in [1.54, 1.807) is 12.5 Å². The van der Waals surface area contributed by atoms with E-state index in [9.17, 15) is 4.79 Å². The average Bonchev–Trinajstić information content (AvgIpc) is 2.96. The zero-order chi connectivity index (χ0) is 13.3. The zero-order valence-electron chi connectivity index (χ0n) is 12.3. The van der Waals surface area contributed by atoms with E-state index in [1.165, 1.54) is 12.8 Å². The largest absolute Gasteiger partial charge is 0.356 e. The minimum Gasteiger partial charge on any atom is -0.356 e. The van der Waals surface area contributed by atoms with Crippen molar-refractivity contribution in [3.8, 4) is 0 Å². The number of hydrogen-bond acceptors (Lipinski definition) is 3. The maximum atomic E-state index is 11.7. The topological polar surface area (TPSA) is 59.0 Å². The lowest BCUT2D eigenvalue weighted by Gasteiger charge is -2.22. The molecule has 1 aliphatic heterocycles. The monoisotopic (exact) mass is 336 g/mol. The van der Waals surface area contributed by atoms with E-state index in [0.717, 1.165) is 44.9 Å². The minimum atomic E-state index is 0. The number of carbonyl (C=O) groups excluding carboxylic acids is 1. The number of nitrogens with zero attached hydrogens (tertiary/aromatic N) is 2. The molecule has 1 amide bonds. The summed E-state index contributed by atoms with van der Waals surface area (Å²) in [5.41, 5.74) is 0. The number of hydrogen-bond donors (Lipinski definition) is 2. The predicted molar refractivity (Wildman–Crippen MR) is 89.2 cm³/mol. The van der Waals surface area contributed by atoms with Gasteiger partial charge in [0, 0.05) is 31.9 Å². The predicted octanol–water partition coefficient (Wildman–Crippen LogP) is 2.01. The molecule has 1 fully saturated rings. The number of halogens is 2. The molecular weight excluding hydrogens is 311 g/mol. The van der Waals surface area contributed by atoms with Crippen LogP contribution in [0.1, 0.15) is 32.1 Å². The molecule has 1 saturated heterocycles. The molecule has 5 nitrogen and oxygen atoms in total. The van der Waals surface area contributed by atoms with E-state index in [2.05, 4.69) is 15.6 Å². The van der Waals surface area contributed by atoms with Gasteiger partial charge in [-0.2, -0.15) is 0 Å². The van der Waals surface area contributed by atoms with Crippen LogP contribution in [0.4, 0.5) is 0 Å². The molecule has 2 N–H and O–H groups in total. The highest BCUT2D eigenvalue weighted by molar-refractivity contribution is 5.85. The van der Waals surface area contributed by atoms with Gasteiger partial charge in [-0.1, -0.05) is 0 Å². The van der Waals surface area contributed by atoms with Crippen molar-refractivity contribution in [3.05, 3.63) is 18.7 Å². The second-order valence-electron chi connectivity index (χ2n) is 5.24. The summed E-state index contributed by atoms with van der Waals surface area (Å²) in [6.07, 6.45) is 10.6. The van der Waals surface area contributed by atoms with E-state index < -0.39 is 0 Å². The molecule has 1 aliphatic rings. The summed E-state index contributed by atoms with van der Waals surface area (Å²) in [6, 6.07) is 0. The number of aryl methyl sites for hydroxylation is 1. The average molecular weight is 337 g/mol. The van der Waals surface area contributed by atoms with Crippen molar-refractivity contribution in [2.75, 3.05) is 19.6 Å². The Labute approximate surface area is 139 Å². The first-order valence-corrected chi connectivity index (χ1v) is 7.28. The molecule has 2 rings (SSSR count). The number of aromatic nitrogens is 2. The fourth-order valence-electron chi connectivity index (χ4n) is 2.50.